The summed E-state index contributed by atoms with van der Waals surface area (Å²) in [5.41, 5.74) is 5.25. The minimum atomic E-state index is -0.160. The van der Waals surface area contributed by atoms with Crippen LogP contribution in [0.2, 0.25) is 0 Å². The predicted octanol–water partition coefficient (Wildman–Crippen LogP) is 2.71. The minimum absolute atomic E-state index is 0.113. The predicted molar refractivity (Wildman–Crippen MR) is 116 cm³/mol. The maximum atomic E-state index is 8.47. The van der Waals surface area contributed by atoms with Crippen molar-refractivity contribution in [2.75, 3.05) is 46.1 Å². The van der Waals surface area contributed by atoms with E-state index in [1.807, 2.05) is 13.8 Å². The second-order valence-corrected chi connectivity index (χ2v) is 7.50. The molecule has 9 heteroatoms. The highest BCUT2D eigenvalue weighted by molar-refractivity contribution is 5.85. The van der Waals surface area contributed by atoms with Gasteiger partial charge in [-0.1, -0.05) is 32.9 Å². The van der Waals surface area contributed by atoms with E-state index >= 15 is 0 Å². The quantitative estimate of drug-likeness (QED) is 0.182. The third-order valence-corrected chi connectivity index (χ3v) is 5.50. The Morgan fingerprint density at radius 2 is 1.34 bits per heavy atom. The molecule has 6 N–H and O–H groups in total. The molecular weight excluding hydrogens is 374 g/mol. The fourth-order valence-electron chi connectivity index (χ4n) is 2.79. The number of hydrogen-bond donors (Lipinski definition) is 4. The van der Waals surface area contributed by atoms with Crippen LogP contribution in [0.15, 0.2) is 5.16 Å². The zero-order valence-electron chi connectivity index (χ0n) is 19.0. The normalized spacial score (nSPS) is 19.9. The fourth-order valence-corrected chi connectivity index (χ4v) is 2.79. The Hall–Kier alpha value is -1.44. The summed E-state index contributed by atoms with van der Waals surface area (Å²) < 4.78 is 10.3. The molecule has 0 spiro atoms. The Balaban J connectivity index is 0. The number of amidine groups is 1. The first kappa shape index (κ1) is 29.8. The molecule has 0 aromatic carbocycles. The second kappa shape index (κ2) is 17.4. The summed E-state index contributed by atoms with van der Waals surface area (Å²) in [4.78, 5) is 5.92. The molecule has 0 aromatic rings. The Bertz CT molecular complexity index is 447. The lowest BCUT2D eigenvalue weighted by atomic mass is 9.81. The number of nitrogens with two attached hydrogens (primary N) is 2. The molecule has 0 aromatic heterocycles. The van der Waals surface area contributed by atoms with Gasteiger partial charge in [-0.25, -0.2) is 12.5 Å². The van der Waals surface area contributed by atoms with Crippen LogP contribution in [0.3, 0.4) is 0 Å². The molecule has 29 heavy (non-hydrogen) atoms. The molecule has 0 bridgehead atoms. The molecule has 0 atom stereocenters. The standard InChI is InChI=1S/C7H14N2O2.C7H11NO.C6H15N.H3NO/c1-7(6(8)9-10)2-4-11-5-3-7;1-7(8-2)3-5-9-6-4-7;1-4-7(5-2)6-3;1-2/h10H,2-5H2,1H3,(H2,8,9);3-6H2,1H3;4-6H2,1-3H3;2H,1H2. The van der Waals surface area contributed by atoms with Gasteiger partial charge >= 0.3 is 0 Å². The maximum absolute atomic E-state index is 8.47. The summed E-state index contributed by atoms with van der Waals surface area (Å²) in [5.74, 6) is 3.82. The summed E-state index contributed by atoms with van der Waals surface area (Å²) in [6.07, 6.45) is 3.47. The average Bonchev–Trinajstić information content (AvgIpc) is 2.78. The molecule has 9 nitrogen and oxygen atoms in total. The van der Waals surface area contributed by atoms with Crippen LogP contribution in [0.5, 0.6) is 0 Å². The summed E-state index contributed by atoms with van der Waals surface area (Å²) in [6.45, 7) is 23.9. The van der Waals surface area contributed by atoms with Crippen molar-refractivity contribution in [3.8, 4) is 0 Å². The lowest BCUT2D eigenvalue weighted by Gasteiger charge is -2.31. The summed E-state index contributed by atoms with van der Waals surface area (Å²) in [5, 5.41) is 18.0. The third kappa shape index (κ3) is 12.7. The minimum Gasteiger partial charge on any atom is -0.409 e. The van der Waals surface area contributed by atoms with E-state index < -0.39 is 0 Å². The van der Waals surface area contributed by atoms with Crippen molar-refractivity contribution in [1.29, 1.82) is 0 Å². The van der Waals surface area contributed by atoms with Gasteiger partial charge in [0.15, 0.2) is 0 Å². The van der Waals surface area contributed by atoms with Gasteiger partial charge in [-0.05, 0) is 32.5 Å². The molecule has 2 rings (SSSR count). The zero-order valence-corrected chi connectivity index (χ0v) is 19.0. The van der Waals surface area contributed by atoms with E-state index in [0.717, 1.165) is 38.9 Å². The van der Waals surface area contributed by atoms with Gasteiger partial charge in [0.1, 0.15) is 5.84 Å². The smallest absolute Gasteiger partial charge is 0.234 e. The van der Waals surface area contributed by atoms with Crippen LogP contribution in [0, 0.1) is 12.0 Å². The van der Waals surface area contributed by atoms with E-state index in [-0.39, 0.29) is 11.0 Å². The van der Waals surface area contributed by atoms with Crippen LogP contribution in [0.1, 0.15) is 60.3 Å². The van der Waals surface area contributed by atoms with Gasteiger partial charge < -0.3 is 35.4 Å². The molecule has 2 aliphatic heterocycles. The first-order chi connectivity index (χ1) is 13.8. The Kier molecular flexibility index (Phi) is 17.9. The highest BCUT2D eigenvalue weighted by Crippen LogP contribution is 2.29. The van der Waals surface area contributed by atoms with Crippen molar-refractivity contribution in [2.45, 2.75) is 65.8 Å². The Morgan fingerprint density at radius 1 is 0.966 bits per heavy atom. The van der Waals surface area contributed by atoms with Crippen molar-refractivity contribution in [3.05, 3.63) is 11.4 Å². The first-order valence-corrected chi connectivity index (χ1v) is 10.3. The van der Waals surface area contributed by atoms with E-state index in [2.05, 4.69) is 41.6 Å². The molecule has 2 fully saturated rings. The molecule has 172 valence electrons. The molecule has 0 radical (unpaired) electrons. The number of oxime groups is 1. The second-order valence-electron chi connectivity index (χ2n) is 7.50. The van der Waals surface area contributed by atoms with E-state index in [1.165, 1.54) is 19.6 Å². The molecule has 2 saturated heterocycles. The van der Waals surface area contributed by atoms with Crippen LogP contribution in [0.4, 0.5) is 0 Å². The van der Waals surface area contributed by atoms with Crippen molar-refractivity contribution < 1.29 is 19.9 Å². The van der Waals surface area contributed by atoms with Gasteiger partial charge in [-0.3, -0.25) is 0 Å². The largest absolute Gasteiger partial charge is 0.409 e. The van der Waals surface area contributed by atoms with Crippen molar-refractivity contribution in [2.24, 2.45) is 22.2 Å². The lowest BCUT2D eigenvalue weighted by molar-refractivity contribution is 0.0507. The third-order valence-electron chi connectivity index (χ3n) is 5.50. The zero-order chi connectivity index (χ0) is 22.8. The SMILES string of the molecule is CC1(C(N)=NO)CCOCC1.CCN(CC)CC.NO.[C-]#[N+]C1(C)CCOCC1. The van der Waals surface area contributed by atoms with Gasteiger partial charge in [0.05, 0.1) is 13.2 Å². The Labute approximate surface area is 176 Å². The van der Waals surface area contributed by atoms with Gasteiger partial charge in [0, 0.05) is 38.4 Å². The van der Waals surface area contributed by atoms with Crippen molar-refractivity contribution >= 4 is 5.84 Å². The molecule has 0 saturated carbocycles. The molecular formula is C20H43N5O4. The summed E-state index contributed by atoms with van der Waals surface area (Å²) >= 11 is 0. The fraction of sp³-hybridized carbons (Fsp3) is 0.900. The molecule has 0 aliphatic carbocycles. The molecule has 0 unspecified atom stereocenters. The van der Waals surface area contributed by atoms with Crippen LogP contribution in [0.25, 0.3) is 4.85 Å². The highest BCUT2D eigenvalue weighted by atomic mass is 16.5. The lowest BCUT2D eigenvalue weighted by Crippen LogP contribution is -2.39. The highest BCUT2D eigenvalue weighted by Gasteiger charge is 2.32. The number of ether oxygens (including phenoxy) is 2. The molecule has 0 amide bonds. The summed E-state index contributed by atoms with van der Waals surface area (Å²) in [6, 6.07) is 0. The number of hydrogen-bond acceptors (Lipinski definition) is 7. The van der Waals surface area contributed by atoms with Crippen LogP contribution < -0.4 is 11.6 Å². The van der Waals surface area contributed by atoms with Crippen LogP contribution in [-0.2, 0) is 9.47 Å². The summed E-state index contributed by atoms with van der Waals surface area (Å²) in [7, 11) is 0. The Morgan fingerprint density at radius 3 is 1.59 bits per heavy atom. The number of rotatable bonds is 4. The van der Waals surface area contributed by atoms with Crippen LogP contribution in [-0.4, -0.2) is 72.8 Å². The first-order valence-electron chi connectivity index (χ1n) is 10.3. The van der Waals surface area contributed by atoms with E-state index in [0.29, 0.717) is 19.0 Å². The monoisotopic (exact) mass is 417 g/mol. The molecule has 2 heterocycles. The van der Waals surface area contributed by atoms with Crippen LogP contribution >= 0.6 is 0 Å². The van der Waals surface area contributed by atoms with Gasteiger partial charge in [-0.2, -0.15) is 0 Å². The van der Waals surface area contributed by atoms with Crippen molar-refractivity contribution in [1.82, 2.24) is 4.90 Å². The topological polar surface area (TPSA) is 131 Å². The average molecular weight is 418 g/mol. The van der Waals surface area contributed by atoms with Crippen molar-refractivity contribution in [3.63, 3.8) is 0 Å². The van der Waals surface area contributed by atoms with E-state index in [1.54, 1.807) is 0 Å². The van der Waals surface area contributed by atoms with Gasteiger partial charge in [0.2, 0.25) is 5.54 Å². The van der Waals surface area contributed by atoms with E-state index in [9.17, 15) is 0 Å². The maximum Gasteiger partial charge on any atom is 0.234 e. The molecule has 2 aliphatic rings. The van der Waals surface area contributed by atoms with E-state index in [4.69, 9.17) is 32.2 Å². The van der Waals surface area contributed by atoms with Gasteiger partial charge in [-0.15, -0.1) is 0 Å². The van der Waals surface area contributed by atoms with Gasteiger partial charge in [0.25, 0.3) is 0 Å². The number of nitrogens with zero attached hydrogens (tertiary/aromatic N) is 3.